The van der Waals surface area contributed by atoms with Crippen LogP contribution in [0, 0.1) is 6.92 Å². The normalized spacial score (nSPS) is 10.3. The highest BCUT2D eigenvalue weighted by atomic mass is 32.1. The fourth-order valence-electron chi connectivity index (χ4n) is 1.68. The van der Waals surface area contributed by atoms with E-state index < -0.39 is 0 Å². The Hall–Kier alpha value is -2.08. The molecule has 19 heavy (non-hydrogen) atoms. The number of hydrogen-bond acceptors (Lipinski definition) is 5. The first-order valence-electron chi connectivity index (χ1n) is 5.79. The summed E-state index contributed by atoms with van der Waals surface area (Å²) in [6, 6.07) is 7.65. The Morgan fingerprint density at radius 1 is 1.42 bits per heavy atom. The second kappa shape index (κ2) is 5.27. The number of carbonyl (C=O) groups excluding carboxylic acids is 1. The summed E-state index contributed by atoms with van der Waals surface area (Å²) in [6.45, 7) is 1.78. The van der Waals surface area contributed by atoms with Crippen LogP contribution in [0.4, 0.5) is 16.5 Å². The van der Waals surface area contributed by atoms with Gasteiger partial charge in [-0.25, -0.2) is 4.98 Å². The molecule has 0 aliphatic heterocycles. The number of hydrogen-bond donors (Lipinski definition) is 2. The number of aromatic nitrogens is 1. The van der Waals surface area contributed by atoms with Gasteiger partial charge in [-0.15, -0.1) is 0 Å². The number of nitrogens with zero attached hydrogens (tertiary/aromatic N) is 2. The van der Waals surface area contributed by atoms with Crippen LogP contribution in [0.25, 0.3) is 0 Å². The Labute approximate surface area is 116 Å². The Bertz CT molecular complexity index is 606. The smallest absolute Gasteiger partial charge is 0.267 e. The van der Waals surface area contributed by atoms with Crippen molar-refractivity contribution in [3.05, 3.63) is 34.8 Å². The number of aryl methyl sites for hydroxylation is 1. The van der Waals surface area contributed by atoms with E-state index >= 15 is 0 Å². The summed E-state index contributed by atoms with van der Waals surface area (Å²) in [7, 11) is 3.91. The molecule has 0 unspecified atom stereocenters. The lowest BCUT2D eigenvalue weighted by molar-refractivity contribution is 0.103. The molecular weight excluding hydrogens is 260 g/mol. The van der Waals surface area contributed by atoms with E-state index in [0.717, 1.165) is 11.4 Å². The van der Waals surface area contributed by atoms with Crippen molar-refractivity contribution < 1.29 is 4.79 Å². The number of benzene rings is 1. The van der Waals surface area contributed by atoms with Crippen LogP contribution >= 0.6 is 11.3 Å². The summed E-state index contributed by atoms with van der Waals surface area (Å²) >= 11 is 1.20. The molecule has 6 heteroatoms. The molecule has 1 aromatic heterocycles. The number of nitrogen functional groups attached to an aromatic ring is 1. The van der Waals surface area contributed by atoms with E-state index in [0.29, 0.717) is 15.7 Å². The van der Waals surface area contributed by atoms with E-state index in [1.807, 2.05) is 43.3 Å². The minimum atomic E-state index is -0.178. The number of nitrogens with two attached hydrogens (primary N) is 1. The van der Waals surface area contributed by atoms with Crippen molar-refractivity contribution >= 4 is 33.8 Å². The minimum absolute atomic E-state index is 0.178. The van der Waals surface area contributed by atoms with Crippen LogP contribution in [-0.2, 0) is 0 Å². The average Bonchev–Trinajstić information content (AvgIpc) is 2.69. The molecule has 0 fully saturated rings. The van der Waals surface area contributed by atoms with E-state index in [1.165, 1.54) is 11.3 Å². The van der Waals surface area contributed by atoms with Gasteiger partial charge in [0.1, 0.15) is 4.88 Å². The summed E-state index contributed by atoms with van der Waals surface area (Å²) in [6.07, 6.45) is 0. The van der Waals surface area contributed by atoms with Gasteiger partial charge < -0.3 is 16.0 Å². The molecule has 0 spiro atoms. The topological polar surface area (TPSA) is 71.2 Å². The van der Waals surface area contributed by atoms with Gasteiger partial charge in [0.05, 0.1) is 5.69 Å². The van der Waals surface area contributed by atoms with Crippen molar-refractivity contribution in [2.75, 3.05) is 30.0 Å². The highest BCUT2D eigenvalue weighted by Gasteiger charge is 2.14. The molecule has 0 aliphatic carbocycles. The van der Waals surface area contributed by atoms with Crippen molar-refractivity contribution in [2.45, 2.75) is 6.92 Å². The van der Waals surface area contributed by atoms with Crippen LogP contribution in [0.1, 0.15) is 15.4 Å². The zero-order valence-corrected chi connectivity index (χ0v) is 11.9. The van der Waals surface area contributed by atoms with E-state index in [9.17, 15) is 4.79 Å². The maximum atomic E-state index is 12.1. The molecule has 2 rings (SSSR count). The van der Waals surface area contributed by atoms with Crippen LogP contribution in [0.15, 0.2) is 24.3 Å². The molecule has 0 saturated carbocycles. The van der Waals surface area contributed by atoms with Crippen molar-refractivity contribution in [3.8, 4) is 0 Å². The van der Waals surface area contributed by atoms with Gasteiger partial charge in [0, 0.05) is 25.5 Å². The van der Waals surface area contributed by atoms with Crippen molar-refractivity contribution in [3.63, 3.8) is 0 Å². The molecule has 3 N–H and O–H groups in total. The van der Waals surface area contributed by atoms with Gasteiger partial charge in [0.15, 0.2) is 5.13 Å². The van der Waals surface area contributed by atoms with E-state index in [-0.39, 0.29) is 5.91 Å². The second-order valence-electron chi connectivity index (χ2n) is 4.37. The largest absolute Gasteiger partial charge is 0.378 e. The molecule has 1 heterocycles. The molecule has 0 saturated heterocycles. The zero-order chi connectivity index (χ0) is 14.0. The van der Waals surface area contributed by atoms with Crippen molar-refractivity contribution in [1.82, 2.24) is 4.98 Å². The molecular formula is C13H16N4OS. The SMILES string of the molecule is Cc1nc(N)sc1C(=O)Nc1cccc(N(C)C)c1. The second-order valence-corrected chi connectivity index (χ2v) is 5.40. The average molecular weight is 276 g/mol. The monoisotopic (exact) mass is 276 g/mol. The number of thiazole rings is 1. The minimum Gasteiger partial charge on any atom is -0.378 e. The molecule has 5 nitrogen and oxygen atoms in total. The first kappa shape index (κ1) is 13.4. The number of nitrogens with one attached hydrogen (secondary N) is 1. The summed E-state index contributed by atoms with van der Waals surface area (Å²) in [5.74, 6) is -0.178. The predicted molar refractivity (Wildman–Crippen MR) is 80.0 cm³/mol. The van der Waals surface area contributed by atoms with Crippen LogP contribution in [0.5, 0.6) is 0 Å². The lowest BCUT2D eigenvalue weighted by atomic mass is 10.2. The van der Waals surface area contributed by atoms with E-state index in [2.05, 4.69) is 10.3 Å². The number of amides is 1. The van der Waals surface area contributed by atoms with Gasteiger partial charge in [-0.2, -0.15) is 0 Å². The van der Waals surface area contributed by atoms with Crippen molar-refractivity contribution in [1.29, 1.82) is 0 Å². The quantitative estimate of drug-likeness (QED) is 0.902. The molecule has 1 aromatic carbocycles. The van der Waals surface area contributed by atoms with Gasteiger partial charge in [-0.1, -0.05) is 17.4 Å². The van der Waals surface area contributed by atoms with E-state index in [1.54, 1.807) is 6.92 Å². The van der Waals surface area contributed by atoms with E-state index in [4.69, 9.17) is 5.73 Å². The summed E-state index contributed by atoms with van der Waals surface area (Å²) < 4.78 is 0. The van der Waals surface area contributed by atoms with Crippen LogP contribution in [0.3, 0.4) is 0 Å². The molecule has 0 atom stereocenters. The van der Waals surface area contributed by atoms with Gasteiger partial charge in [0.25, 0.3) is 5.91 Å². The standard InChI is InChI=1S/C13H16N4OS/c1-8-11(19-13(14)15-8)12(18)16-9-5-4-6-10(7-9)17(2)3/h4-7H,1-3H3,(H2,14,15)(H,16,18). The molecule has 0 aliphatic rings. The third kappa shape index (κ3) is 3.03. The first-order valence-corrected chi connectivity index (χ1v) is 6.60. The number of anilines is 3. The molecule has 100 valence electrons. The number of rotatable bonds is 3. The van der Waals surface area contributed by atoms with Gasteiger partial charge in [0.2, 0.25) is 0 Å². The third-order valence-corrected chi connectivity index (χ3v) is 3.63. The zero-order valence-electron chi connectivity index (χ0n) is 11.1. The Morgan fingerprint density at radius 3 is 2.74 bits per heavy atom. The van der Waals surface area contributed by atoms with Crippen LogP contribution in [0.2, 0.25) is 0 Å². The Balaban J connectivity index is 2.19. The van der Waals surface area contributed by atoms with Gasteiger partial charge >= 0.3 is 0 Å². The lowest BCUT2D eigenvalue weighted by Crippen LogP contribution is -2.13. The maximum absolute atomic E-state index is 12.1. The van der Waals surface area contributed by atoms with Gasteiger partial charge in [-0.05, 0) is 25.1 Å². The Kier molecular flexibility index (Phi) is 3.71. The fourth-order valence-corrected chi connectivity index (χ4v) is 2.41. The highest BCUT2D eigenvalue weighted by molar-refractivity contribution is 7.17. The summed E-state index contributed by atoms with van der Waals surface area (Å²) in [4.78, 5) is 18.7. The molecule has 1 amide bonds. The highest BCUT2D eigenvalue weighted by Crippen LogP contribution is 2.22. The Morgan fingerprint density at radius 2 is 2.16 bits per heavy atom. The summed E-state index contributed by atoms with van der Waals surface area (Å²) in [5.41, 5.74) is 8.03. The maximum Gasteiger partial charge on any atom is 0.267 e. The molecule has 0 bridgehead atoms. The lowest BCUT2D eigenvalue weighted by Gasteiger charge is -2.13. The molecule has 2 aromatic rings. The van der Waals surface area contributed by atoms with Crippen LogP contribution < -0.4 is 16.0 Å². The van der Waals surface area contributed by atoms with Gasteiger partial charge in [-0.3, -0.25) is 4.79 Å². The number of carbonyl (C=O) groups is 1. The molecule has 0 radical (unpaired) electrons. The predicted octanol–water partition coefficient (Wildman–Crippen LogP) is 2.35. The first-order chi connectivity index (χ1) is 8.97. The van der Waals surface area contributed by atoms with Crippen molar-refractivity contribution in [2.24, 2.45) is 0 Å². The fraction of sp³-hybridized carbons (Fsp3) is 0.231. The summed E-state index contributed by atoms with van der Waals surface area (Å²) in [5, 5.41) is 3.26. The van der Waals surface area contributed by atoms with Crippen LogP contribution in [-0.4, -0.2) is 25.0 Å². The third-order valence-electron chi connectivity index (χ3n) is 2.64.